The van der Waals surface area contributed by atoms with Gasteiger partial charge in [0.15, 0.2) is 0 Å². The maximum absolute atomic E-state index is 13.3. The zero-order valence-electron chi connectivity index (χ0n) is 19.4. The molecule has 178 valence electrons. The molecule has 7 nitrogen and oxygen atoms in total. The summed E-state index contributed by atoms with van der Waals surface area (Å²) in [7, 11) is 0. The van der Waals surface area contributed by atoms with Crippen molar-refractivity contribution in [1.82, 2.24) is 15.1 Å². The molecular formula is C25H32ClN3O4. The van der Waals surface area contributed by atoms with Crippen LogP contribution in [0.3, 0.4) is 0 Å². The van der Waals surface area contributed by atoms with E-state index in [4.69, 9.17) is 11.6 Å². The summed E-state index contributed by atoms with van der Waals surface area (Å²) in [5, 5.41) is 3.51. The van der Waals surface area contributed by atoms with Crippen LogP contribution in [0.25, 0.3) is 0 Å². The number of nitrogens with zero attached hydrogens (tertiary/aromatic N) is 2. The first-order valence-corrected chi connectivity index (χ1v) is 11.9. The number of hydrogen-bond acceptors (Lipinski definition) is 4. The number of allylic oxidation sites excluding steroid dienone is 2. The number of hydrogen-bond donors (Lipinski definition) is 1. The summed E-state index contributed by atoms with van der Waals surface area (Å²) in [5.41, 5.74) is 0.835. The molecule has 1 aliphatic heterocycles. The van der Waals surface area contributed by atoms with Gasteiger partial charge >= 0.3 is 0 Å². The minimum atomic E-state index is -0.709. The van der Waals surface area contributed by atoms with E-state index in [2.05, 4.69) is 5.32 Å². The lowest BCUT2D eigenvalue weighted by Crippen LogP contribution is -2.50. The summed E-state index contributed by atoms with van der Waals surface area (Å²) in [5.74, 6) is -1.56. The van der Waals surface area contributed by atoms with Crippen molar-refractivity contribution >= 4 is 35.2 Å². The largest absolute Gasteiger partial charge is 0.352 e. The van der Waals surface area contributed by atoms with Crippen molar-refractivity contribution in [1.29, 1.82) is 0 Å². The topological polar surface area (TPSA) is 86.8 Å². The molecule has 8 heteroatoms. The molecule has 0 spiro atoms. The smallest absolute Gasteiger partial charge is 0.242 e. The molecule has 0 bridgehead atoms. The molecule has 1 heterocycles. The van der Waals surface area contributed by atoms with Gasteiger partial charge in [0, 0.05) is 30.6 Å². The molecule has 1 saturated heterocycles. The first-order valence-electron chi connectivity index (χ1n) is 11.6. The van der Waals surface area contributed by atoms with E-state index in [9.17, 15) is 19.2 Å². The fourth-order valence-corrected chi connectivity index (χ4v) is 4.40. The molecule has 1 fully saturated rings. The van der Waals surface area contributed by atoms with Gasteiger partial charge in [-0.3, -0.25) is 24.1 Å². The van der Waals surface area contributed by atoms with E-state index in [0.29, 0.717) is 17.9 Å². The van der Waals surface area contributed by atoms with Crippen molar-refractivity contribution in [3.8, 4) is 0 Å². The molecule has 1 aromatic rings. The van der Waals surface area contributed by atoms with Crippen LogP contribution in [0.4, 0.5) is 0 Å². The van der Waals surface area contributed by atoms with E-state index >= 15 is 0 Å². The second kappa shape index (κ2) is 11.0. The van der Waals surface area contributed by atoms with Crippen molar-refractivity contribution < 1.29 is 19.2 Å². The summed E-state index contributed by atoms with van der Waals surface area (Å²) < 4.78 is 0. The molecule has 0 saturated carbocycles. The number of halogens is 1. The summed E-state index contributed by atoms with van der Waals surface area (Å²) in [4.78, 5) is 54.2. The van der Waals surface area contributed by atoms with Crippen molar-refractivity contribution in [3.63, 3.8) is 0 Å². The molecule has 4 amide bonds. The predicted octanol–water partition coefficient (Wildman–Crippen LogP) is 3.31. The highest BCUT2D eigenvalue weighted by Gasteiger charge is 2.47. The Bertz CT molecular complexity index is 904. The van der Waals surface area contributed by atoms with Crippen molar-refractivity contribution in [2.24, 2.45) is 11.8 Å². The second-order valence-corrected chi connectivity index (χ2v) is 9.31. The highest BCUT2D eigenvalue weighted by Crippen LogP contribution is 2.35. The monoisotopic (exact) mass is 473 g/mol. The number of nitrogens with one attached hydrogen (secondary N) is 1. The van der Waals surface area contributed by atoms with Crippen molar-refractivity contribution in [2.45, 2.75) is 65.1 Å². The molecule has 1 aliphatic carbocycles. The standard InChI is InChI=1S/C25H32ClN3O4/c1-4-16(2)27-23(31)17(3)29(15-18-9-11-19(26)12-10-18)22(30)13-14-28-24(32)20-7-5-6-8-21(20)25(28)33/h5-6,9-12,16-17,20-21H,4,7-8,13-15H2,1-3H3,(H,27,31)/t16?,17?,20-,21+. The average molecular weight is 474 g/mol. The lowest BCUT2D eigenvalue weighted by atomic mass is 9.85. The van der Waals surface area contributed by atoms with Gasteiger partial charge in [0.05, 0.1) is 11.8 Å². The van der Waals surface area contributed by atoms with Crippen molar-refractivity contribution in [3.05, 3.63) is 47.0 Å². The van der Waals surface area contributed by atoms with E-state index < -0.39 is 6.04 Å². The van der Waals surface area contributed by atoms with Gasteiger partial charge in [0.25, 0.3) is 0 Å². The number of amides is 4. The van der Waals surface area contributed by atoms with E-state index in [1.807, 2.05) is 38.1 Å². The Morgan fingerprint density at radius 2 is 1.67 bits per heavy atom. The van der Waals surface area contributed by atoms with Crippen LogP contribution in [0.5, 0.6) is 0 Å². The number of likely N-dealkylation sites (tertiary alicyclic amines) is 1. The summed E-state index contributed by atoms with van der Waals surface area (Å²) >= 11 is 5.98. The number of imide groups is 1. The summed E-state index contributed by atoms with van der Waals surface area (Å²) in [6.07, 6.45) is 5.75. The predicted molar refractivity (Wildman–Crippen MR) is 126 cm³/mol. The van der Waals surface area contributed by atoms with Crippen LogP contribution in [-0.4, -0.2) is 52.1 Å². The third-order valence-corrected chi connectivity index (χ3v) is 6.83. The molecule has 4 atom stereocenters. The van der Waals surface area contributed by atoms with Crippen LogP contribution in [0.1, 0.15) is 52.0 Å². The normalized spacial score (nSPS) is 21.5. The molecule has 2 unspecified atom stereocenters. The number of fused-ring (bicyclic) bond motifs is 1. The maximum atomic E-state index is 13.3. The van der Waals surface area contributed by atoms with Crippen LogP contribution in [0, 0.1) is 11.8 Å². The number of carbonyl (C=O) groups excluding carboxylic acids is 4. The van der Waals surface area contributed by atoms with E-state index in [1.54, 1.807) is 19.1 Å². The lowest BCUT2D eigenvalue weighted by molar-refractivity contribution is -0.143. The van der Waals surface area contributed by atoms with Gasteiger partial charge in [-0.05, 0) is 50.8 Å². The first-order chi connectivity index (χ1) is 15.7. The highest BCUT2D eigenvalue weighted by atomic mass is 35.5. The Morgan fingerprint density at radius 1 is 1.09 bits per heavy atom. The molecule has 0 aromatic heterocycles. The Balaban J connectivity index is 1.71. The molecule has 2 aliphatic rings. The molecule has 0 radical (unpaired) electrons. The van der Waals surface area contributed by atoms with E-state index in [1.165, 1.54) is 9.80 Å². The van der Waals surface area contributed by atoms with Gasteiger partial charge in [0.2, 0.25) is 23.6 Å². The van der Waals surface area contributed by atoms with E-state index in [0.717, 1.165) is 12.0 Å². The molecule has 1 aromatic carbocycles. The van der Waals surface area contributed by atoms with Gasteiger partial charge < -0.3 is 10.2 Å². The van der Waals surface area contributed by atoms with Crippen LogP contribution < -0.4 is 5.32 Å². The highest BCUT2D eigenvalue weighted by molar-refractivity contribution is 6.30. The van der Waals surface area contributed by atoms with E-state index in [-0.39, 0.29) is 61.0 Å². The quantitative estimate of drug-likeness (QED) is 0.440. The van der Waals surface area contributed by atoms with Gasteiger partial charge in [-0.25, -0.2) is 0 Å². The maximum Gasteiger partial charge on any atom is 0.242 e. The average Bonchev–Trinajstić information content (AvgIpc) is 3.06. The zero-order chi connectivity index (χ0) is 24.1. The van der Waals surface area contributed by atoms with Crippen LogP contribution in [0.15, 0.2) is 36.4 Å². The summed E-state index contributed by atoms with van der Waals surface area (Å²) in [6.45, 7) is 5.83. The van der Waals surface area contributed by atoms with Gasteiger partial charge in [0.1, 0.15) is 6.04 Å². The number of rotatable bonds is 9. The molecule has 3 rings (SSSR count). The number of benzene rings is 1. The van der Waals surface area contributed by atoms with Crippen LogP contribution >= 0.6 is 11.6 Å². The van der Waals surface area contributed by atoms with Gasteiger partial charge in [-0.2, -0.15) is 0 Å². The Kier molecular flexibility index (Phi) is 8.30. The molecule has 33 heavy (non-hydrogen) atoms. The van der Waals surface area contributed by atoms with Gasteiger partial charge in [-0.1, -0.05) is 42.8 Å². The number of carbonyl (C=O) groups is 4. The fourth-order valence-electron chi connectivity index (χ4n) is 4.28. The minimum Gasteiger partial charge on any atom is -0.352 e. The first kappa shape index (κ1) is 25.0. The summed E-state index contributed by atoms with van der Waals surface area (Å²) in [6, 6.07) is 6.38. The van der Waals surface area contributed by atoms with Crippen LogP contribution in [-0.2, 0) is 25.7 Å². The minimum absolute atomic E-state index is 0.00997. The fraction of sp³-hybridized carbons (Fsp3) is 0.520. The van der Waals surface area contributed by atoms with Crippen LogP contribution in [0.2, 0.25) is 5.02 Å². The second-order valence-electron chi connectivity index (χ2n) is 8.88. The molecular weight excluding hydrogens is 442 g/mol. The lowest BCUT2D eigenvalue weighted by Gasteiger charge is -2.30. The third-order valence-electron chi connectivity index (χ3n) is 6.58. The zero-order valence-corrected chi connectivity index (χ0v) is 20.2. The van der Waals surface area contributed by atoms with Gasteiger partial charge in [-0.15, -0.1) is 0 Å². The van der Waals surface area contributed by atoms with Crippen molar-refractivity contribution in [2.75, 3.05) is 6.54 Å². The SMILES string of the molecule is CCC(C)NC(=O)C(C)N(Cc1ccc(Cl)cc1)C(=O)CCN1C(=O)[C@H]2CC=CC[C@H]2C1=O. The Hall–Kier alpha value is -2.67. The third kappa shape index (κ3) is 5.82. The molecule has 1 N–H and O–H groups in total. The Labute approximate surface area is 200 Å². The Morgan fingerprint density at radius 3 is 2.21 bits per heavy atom.